The predicted molar refractivity (Wildman–Crippen MR) is 111 cm³/mol. The molecule has 3 aromatic heterocycles. The number of nitrogens with zero attached hydrogens (tertiary/aromatic N) is 6. The highest BCUT2D eigenvalue weighted by atomic mass is 16.5. The number of nitrogen functional groups attached to an aromatic ring is 1. The molecule has 5 rings (SSSR count). The van der Waals surface area contributed by atoms with Gasteiger partial charge in [-0.1, -0.05) is 5.21 Å². The molecule has 30 heavy (non-hydrogen) atoms. The largest absolute Gasteiger partial charge is 0.381 e. The minimum Gasteiger partial charge on any atom is -0.381 e. The maximum absolute atomic E-state index is 12.9. The van der Waals surface area contributed by atoms with Crippen LogP contribution in [0.2, 0.25) is 0 Å². The van der Waals surface area contributed by atoms with Crippen molar-refractivity contribution in [3.8, 4) is 0 Å². The van der Waals surface area contributed by atoms with Crippen molar-refractivity contribution in [1.29, 1.82) is 0 Å². The maximum atomic E-state index is 12.9. The molecular formula is C19H21N9O2. The Hall–Kier alpha value is -3.73. The Morgan fingerprint density at radius 2 is 2.13 bits per heavy atom. The molecule has 1 aliphatic heterocycles. The highest BCUT2D eigenvalue weighted by Crippen LogP contribution is 2.28. The van der Waals surface area contributed by atoms with E-state index >= 15 is 0 Å². The number of nitrogens with two attached hydrogens (primary N) is 1. The SMILES string of the molecule is Cc1nc2c(N)nc3cn2c1C(=O)N[C@H](C)COCc1cc(c2nnn(C)c2c1)N3. The molecule has 0 fully saturated rings. The second kappa shape index (κ2) is 6.66. The van der Waals surface area contributed by atoms with Crippen LogP contribution in [0.15, 0.2) is 18.3 Å². The van der Waals surface area contributed by atoms with E-state index in [0.717, 1.165) is 16.8 Å². The maximum Gasteiger partial charge on any atom is 0.270 e. The van der Waals surface area contributed by atoms with Crippen LogP contribution >= 0.6 is 0 Å². The number of aryl methyl sites for hydroxylation is 2. The van der Waals surface area contributed by atoms with E-state index in [1.165, 1.54) is 0 Å². The minimum absolute atomic E-state index is 0.191. The lowest BCUT2D eigenvalue weighted by molar-refractivity contribution is 0.0815. The zero-order valence-electron chi connectivity index (χ0n) is 16.8. The Bertz CT molecular complexity index is 1310. The fourth-order valence-electron chi connectivity index (χ4n) is 3.71. The molecule has 1 aromatic carbocycles. The molecular weight excluding hydrogens is 386 g/mol. The third-order valence-corrected chi connectivity index (χ3v) is 5.08. The zero-order valence-corrected chi connectivity index (χ0v) is 16.8. The molecule has 0 saturated heterocycles. The van der Waals surface area contributed by atoms with Crippen LogP contribution < -0.4 is 16.4 Å². The number of ether oxygens (including phenoxy) is 1. The number of carbonyl (C=O) groups excluding carboxylic acids is 1. The van der Waals surface area contributed by atoms with Crippen molar-refractivity contribution in [1.82, 2.24) is 34.7 Å². The number of anilines is 3. The Balaban J connectivity index is 1.74. The first-order chi connectivity index (χ1) is 14.4. The monoisotopic (exact) mass is 407 g/mol. The molecule has 0 unspecified atom stereocenters. The summed E-state index contributed by atoms with van der Waals surface area (Å²) in [5, 5.41) is 14.6. The molecule has 0 spiro atoms. The molecule has 4 heterocycles. The number of benzene rings is 1. The van der Waals surface area contributed by atoms with Crippen molar-refractivity contribution in [2.24, 2.45) is 7.05 Å². The van der Waals surface area contributed by atoms with E-state index in [0.29, 0.717) is 41.6 Å². The van der Waals surface area contributed by atoms with Gasteiger partial charge in [0.1, 0.15) is 17.0 Å². The number of fused-ring (bicyclic) bond motifs is 5. The van der Waals surface area contributed by atoms with E-state index in [1.54, 1.807) is 22.2 Å². The molecule has 0 saturated carbocycles. The van der Waals surface area contributed by atoms with Gasteiger partial charge in [0.25, 0.3) is 5.91 Å². The number of aromatic nitrogens is 6. The van der Waals surface area contributed by atoms with Crippen LogP contribution in [0.1, 0.15) is 28.7 Å². The van der Waals surface area contributed by atoms with Gasteiger partial charge in [0.15, 0.2) is 11.5 Å². The van der Waals surface area contributed by atoms with Gasteiger partial charge in [-0.3, -0.25) is 9.20 Å². The fourth-order valence-corrected chi connectivity index (χ4v) is 3.71. The highest BCUT2D eigenvalue weighted by Gasteiger charge is 2.22. The normalized spacial score (nSPS) is 17.2. The first-order valence-corrected chi connectivity index (χ1v) is 9.54. The summed E-state index contributed by atoms with van der Waals surface area (Å²) >= 11 is 0. The van der Waals surface area contributed by atoms with E-state index in [1.807, 2.05) is 26.1 Å². The molecule has 11 heteroatoms. The first kappa shape index (κ1) is 18.3. The molecule has 0 radical (unpaired) electrons. The number of imidazole rings is 1. The summed E-state index contributed by atoms with van der Waals surface area (Å²) in [5.74, 6) is 0.429. The summed E-state index contributed by atoms with van der Waals surface area (Å²) in [6.07, 6.45) is 1.71. The number of amides is 1. The summed E-state index contributed by atoms with van der Waals surface area (Å²) in [4.78, 5) is 21.8. The van der Waals surface area contributed by atoms with E-state index in [2.05, 4.69) is 30.9 Å². The number of rotatable bonds is 0. The van der Waals surface area contributed by atoms with E-state index < -0.39 is 0 Å². The Labute approximate surface area is 171 Å². The van der Waals surface area contributed by atoms with Crippen LogP contribution in [0.4, 0.5) is 17.3 Å². The molecule has 4 bridgehead atoms. The fraction of sp³-hybridized carbons (Fsp3) is 0.316. The number of hydrogen-bond donors (Lipinski definition) is 3. The van der Waals surface area contributed by atoms with Crippen LogP contribution in [-0.4, -0.2) is 47.9 Å². The third-order valence-electron chi connectivity index (χ3n) is 5.08. The molecule has 154 valence electrons. The van der Waals surface area contributed by atoms with Crippen LogP contribution in [-0.2, 0) is 18.4 Å². The molecule has 1 amide bonds. The summed E-state index contributed by atoms with van der Waals surface area (Å²) in [6, 6.07) is 3.75. The van der Waals surface area contributed by atoms with Gasteiger partial charge in [-0.2, -0.15) is 0 Å². The van der Waals surface area contributed by atoms with Crippen molar-refractivity contribution in [2.45, 2.75) is 26.5 Å². The smallest absolute Gasteiger partial charge is 0.270 e. The Morgan fingerprint density at radius 1 is 1.30 bits per heavy atom. The summed E-state index contributed by atoms with van der Waals surface area (Å²) < 4.78 is 9.21. The van der Waals surface area contributed by atoms with Gasteiger partial charge in [-0.25, -0.2) is 14.6 Å². The lowest BCUT2D eigenvalue weighted by Gasteiger charge is -2.16. The second-order valence-electron chi connectivity index (χ2n) is 7.49. The Morgan fingerprint density at radius 3 is 2.97 bits per heavy atom. The Kier molecular flexibility index (Phi) is 4.07. The second-order valence-corrected chi connectivity index (χ2v) is 7.49. The van der Waals surface area contributed by atoms with Crippen molar-refractivity contribution >= 4 is 39.9 Å². The van der Waals surface area contributed by atoms with Crippen molar-refractivity contribution in [2.75, 3.05) is 17.7 Å². The van der Waals surface area contributed by atoms with E-state index in [-0.39, 0.29) is 17.8 Å². The third kappa shape index (κ3) is 2.90. The van der Waals surface area contributed by atoms with Gasteiger partial charge in [0, 0.05) is 13.1 Å². The van der Waals surface area contributed by atoms with Gasteiger partial charge in [0.2, 0.25) is 0 Å². The molecule has 0 aliphatic carbocycles. The van der Waals surface area contributed by atoms with Crippen LogP contribution in [0.25, 0.3) is 16.7 Å². The van der Waals surface area contributed by atoms with Crippen molar-refractivity contribution < 1.29 is 9.53 Å². The molecule has 1 aliphatic rings. The quantitative estimate of drug-likeness (QED) is 0.397. The van der Waals surface area contributed by atoms with Gasteiger partial charge >= 0.3 is 0 Å². The lowest BCUT2D eigenvalue weighted by atomic mass is 10.1. The average molecular weight is 407 g/mol. The molecule has 11 nitrogen and oxygen atoms in total. The number of carbonyl (C=O) groups is 1. The summed E-state index contributed by atoms with van der Waals surface area (Å²) in [7, 11) is 1.84. The van der Waals surface area contributed by atoms with Gasteiger partial charge in [-0.15, -0.1) is 5.10 Å². The van der Waals surface area contributed by atoms with Crippen molar-refractivity contribution in [3.63, 3.8) is 0 Å². The summed E-state index contributed by atoms with van der Waals surface area (Å²) in [5.41, 5.74) is 10.8. The highest BCUT2D eigenvalue weighted by molar-refractivity contribution is 5.96. The molecule has 4 aromatic rings. The van der Waals surface area contributed by atoms with Gasteiger partial charge in [0.05, 0.1) is 36.3 Å². The van der Waals surface area contributed by atoms with Crippen LogP contribution in [0, 0.1) is 6.92 Å². The van der Waals surface area contributed by atoms with Gasteiger partial charge < -0.3 is 21.1 Å². The minimum atomic E-state index is -0.250. The summed E-state index contributed by atoms with van der Waals surface area (Å²) in [6.45, 7) is 4.40. The van der Waals surface area contributed by atoms with Crippen molar-refractivity contribution in [3.05, 3.63) is 35.3 Å². The lowest BCUT2D eigenvalue weighted by Crippen LogP contribution is -2.36. The molecule has 4 N–H and O–H groups in total. The first-order valence-electron chi connectivity index (χ1n) is 9.54. The van der Waals surface area contributed by atoms with Gasteiger partial charge in [-0.05, 0) is 31.5 Å². The van der Waals surface area contributed by atoms with Crippen LogP contribution in [0.3, 0.4) is 0 Å². The average Bonchev–Trinajstić information content (AvgIpc) is 3.21. The topological polar surface area (TPSA) is 137 Å². The predicted octanol–water partition coefficient (Wildman–Crippen LogP) is 1.29. The number of hydrogen-bond acceptors (Lipinski definition) is 8. The molecule has 1 atom stereocenters. The standard InChI is InChI=1S/C19H21N9O2/c1-9-7-30-8-11-4-12(15-13(5-11)27(3)26-25-15)23-14-6-28-16(19(29)21-9)10(2)22-18(28)17(20)24-14/h4-6,9,23H,7-8H2,1-3H3,(H2,20,24)(H,21,29)/t9-/m1/s1. The van der Waals surface area contributed by atoms with Crippen LogP contribution in [0.5, 0.6) is 0 Å². The van der Waals surface area contributed by atoms with E-state index in [9.17, 15) is 4.79 Å². The van der Waals surface area contributed by atoms with E-state index in [4.69, 9.17) is 10.5 Å². The zero-order chi connectivity index (χ0) is 21.0. The number of nitrogens with one attached hydrogen (secondary N) is 2.